The summed E-state index contributed by atoms with van der Waals surface area (Å²) in [5, 5.41) is 22.3. The highest BCUT2D eigenvalue weighted by Crippen LogP contribution is 2.33. The van der Waals surface area contributed by atoms with Crippen molar-refractivity contribution in [1.82, 2.24) is 0 Å². The summed E-state index contributed by atoms with van der Waals surface area (Å²) in [7, 11) is 0. The van der Waals surface area contributed by atoms with Gasteiger partial charge in [0.15, 0.2) is 0 Å². The second kappa shape index (κ2) is 2.64. The minimum Gasteiger partial charge on any atom is -0.506 e. The highest BCUT2D eigenvalue weighted by molar-refractivity contribution is 5.63. The molecular weight excluding hydrogens is 166 g/mol. The highest BCUT2D eigenvalue weighted by atomic mass is 16.3. The van der Waals surface area contributed by atoms with Gasteiger partial charge in [-0.3, -0.25) is 0 Å². The van der Waals surface area contributed by atoms with E-state index in [0.717, 1.165) is 11.3 Å². The van der Waals surface area contributed by atoms with E-state index in [2.05, 4.69) is 5.32 Å². The van der Waals surface area contributed by atoms with Crippen LogP contribution in [-0.2, 0) is 6.42 Å². The monoisotopic (exact) mass is 179 g/mol. The molecule has 0 fully saturated rings. The molecule has 1 aromatic rings. The molecule has 0 spiro atoms. The van der Waals surface area contributed by atoms with Gasteiger partial charge in [-0.1, -0.05) is 12.1 Å². The van der Waals surface area contributed by atoms with Gasteiger partial charge >= 0.3 is 0 Å². The predicted octanol–water partition coefficient (Wildman–Crippen LogP) is 1.11. The van der Waals surface area contributed by atoms with Gasteiger partial charge < -0.3 is 15.5 Å². The van der Waals surface area contributed by atoms with Crippen molar-refractivity contribution in [3.05, 3.63) is 23.8 Å². The molecule has 1 unspecified atom stereocenters. The van der Waals surface area contributed by atoms with Gasteiger partial charge in [-0.2, -0.15) is 0 Å². The molecule has 0 saturated heterocycles. The molecule has 3 nitrogen and oxygen atoms in total. The van der Waals surface area contributed by atoms with Crippen molar-refractivity contribution < 1.29 is 10.2 Å². The normalized spacial score (nSPS) is 26.3. The number of rotatable bonds is 0. The Morgan fingerprint density at radius 3 is 3.00 bits per heavy atom. The summed E-state index contributed by atoms with van der Waals surface area (Å²) < 4.78 is 0. The van der Waals surface area contributed by atoms with E-state index in [1.807, 2.05) is 6.07 Å². The maximum atomic E-state index is 9.77. The Labute approximate surface area is 77.0 Å². The third-order valence-electron chi connectivity index (χ3n) is 2.35. The van der Waals surface area contributed by atoms with E-state index in [0.29, 0.717) is 13.0 Å². The van der Waals surface area contributed by atoms with E-state index >= 15 is 0 Å². The zero-order chi connectivity index (χ0) is 9.47. The fourth-order valence-electron chi connectivity index (χ4n) is 1.69. The largest absolute Gasteiger partial charge is 0.506 e. The standard InChI is InChI=1S/C10H13NO2/c1-10(13)5-7-3-2-4-8(12)9(7)11-6-10/h2-4,11-13H,5-6H2,1H3. The van der Waals surface area contributed by atoms with Crippen LogP contribution in [-0.4, -0.2) is 22.4 Å². The van der Waals surface area contributed by atoms with E-state index in [4.69, 9.17) is 0 Å². The Morgan fingerprint density at radius 1 is 1.46 bits per heavy atom. The molecule has 1 atom stereocenters. The number of para-hydroxylation sites is 1. The molecule has 70 valence electrons. The van der Waals surface area contributed by atoms with E-state index in [9.17, 15) is 10.2 Å². The molecule has 3 N–H and O–H groups in total. The lowest BCUT2D eigenvalue weighted by molar-refractivity contribution is 0.0709. The number of fused-ring (bicyclic) bond motifs is 1. The first-order valence-electron chi connectivity index (χ1n) is 4.36. The number of benzene rings is 1. The van der Waals surface area contributed by atoms with Crippen LogP contribution in [0.3, 0.4) is 0 Å². The Hall–Kier alpha value is -1.22. The fraction of sp³-hybridized carbons (Fsp3) is 0.400. The second-order valence-corrected chi connectivity index (χ2v) is 3.84. The lowest BCUT2D eigenvalue weighted by Gasteiger charge is -2.31. The Kier molecular flexibility index (Phi) is 1.70. The summed E-state index contributed by atoms with van der Waals surface area (Å²) >= 11 is 0. The van der Waals surface area contributed by atoms with Crippen molar-refractivity contribution in [1.29, 1.82) is 0 Å². The van der Waals surface area contributed by atoms with Gasteiger partial charge in [0.05, 0.1) is 11.3 Å². The molecule has 0 aliphatic carbocycles. The number of hydrogen-bond acceptors (Lipinski definition) is 3. The topological polar surface area (TPSA) is 52.5 Å². The smallest absolute Gasteiger partial charge is 0.138 e. The average Bonchev–Trinajstić information content (AvgIpc) is 2.02. The summed E-state index contributed by atoms with van der Waals surface area (Å²) in [6.07, 6.45) is 0.587. The molecule has 1 aliphatic rings. The molecule has 2 rings (SSSR count). The van der Waals surface area contributed by atoms with E-state index < -0.39 is 5.60 Å². The van der Waals surface area contributed by atoms with Crippen molar-refractivity contribution in [2.75, 3.05) is 11.9 Å². The first kappa shape index (κ1) is 8.38. The highest BCUT2D eigenvalue weighted by Gasteiger charge is 2.27. The van der Waals surface area contributed by atoms with Gasteiger partial charge in [0, 0.05) is 13.0 Å². The van der Waals surface area contributed by atoms with Crippen LogP contribution >= 0.6 is 0 Å². The zero-order valence-corrected chi connectivity index (χ0v) is 7.54. The van der Waals surface area contributed by atoms with Gasteiger partial charge in [-0.05, 0) is 18.6 Å². The van der Waals surface area contributed by atoms with Crippen LogP contribution in [0.15, 0.2) is 18.2 Å². The Morgan fingerprint density at radius 2 is 2.23 bits per heavy atom. The van der Waals surface area contributed by atoms with Gasteiger partial charge in [-0.25, -0.2) is 0 Å². The minimum atomic E-state index is -0.708. The molecule has 3 heteroatoms. The van der Waals surface area contributed by atoms with Crippen molar-refractivity contribution in [3.63, 3.8) is 0 Å². The summed E-state index contributed by atoms with van der Waals surface area (Å²) in [5.74, 6) is 0.257. The predicted molar refractivity (Wildman–Crippen MR) is 50.9 cm³/mol. The zero-order valence-electron chi connectivity index (χ0n) is 7.54. The van der Waals surface area contributed by atoms with Crippen LogP contribution in [0.25, 0.3) is 0 Å². The molecule has 0 aromatic heterocycles. The van der Waals surface area contributed by atoms with Gasteiger partial charge in [0.2, 0.25) is 0 Å². The Bertz CT molecular complexity index is 334. The molecule has 1 heterocycles. The lowest BCUT2D eigenvalue weighted by Crippen LogP contribution is -2.39. The third-order valence-corrected chi connectivity index (χ3v) is 2.35. The van der Waals surface area contributed by atoms with Crippen LogP contribution < -0.4 is 5.32 Å². The summed E-state index contributed by atoms with van der Waals surface area (Å²) in [4.78, 5) is 0. The van der Waals surface area contributed by atoms with Crippen molar-refractivity contribution in [2.45, 2.75) is 18.9 Å². The molecular formula is C10H13NO2. The minimum absolute atomic E-state index is 0.257. The molecule has 1 aromatic carbocycles. The lowest BCUT2D eigenvalue weighted by atomic mass is 9.91. The summed E-state index contributed by atoms with van der Waals surface area (Å²) in [6.45, 7) is 2.27. The van der Waals surface area contributed by atoms with Crippen LogP contribution in [0.4, 0.5) is 5.69 Å². The van der Waals surface area contributed by atoms with E-state index in [-0.39, 0.29) is 5.75 Å². The fourth-order valence-corrected chi connectivity index (χ4v) is 1.69. The molecule has 0 radical (unpaired) electrons. The van der Waals surface area contributed by atoms with E-state index in [1.165, 1.54) is 0 Å². The van der Waals surface area contributed by atoms with Crippen molar-refractivity contribution in [3.8, 4) is 5.75 Å². The number of anilines is 1. The first-order valence-corrected chi connectivity index (χ1v) is 4.36. The van der Waals surface area contributed by atoms with Crippen LogP contribution in [0.1, 0.15) is 12.5 Å². The number of aliphatic hydroxyl groups is 1. The molecule has 0 bridgehead atoms. The average molecular weight is 179 g/mol. The first-order chi connectivity index (χ1) is 6.08. The number of hydrogen-bond donors (Lipinski definition) is 3. The molecule has 13 heavy (non-hydrogen) atoms. The van der Waals surface area contributed by atoms with Crippen LogP contribution in [0.5, 0.6) is 5.75 Å². The third kappa shape index (κ3) is 1.47. The van der Waals surface area contributed by atoms with E-state index in [1.54, 1.807) is 19.1 Å². The molecule has 0 amide bonds. The van der Waals surface area contributed by atoms with Crippen molar-refractivity contribution >= 4 is 5.69 Å². The van der Waals surface area contributed by atoms with Crippen LogP contribution in [0.2, 0.25) is 0 Å². The van der Waals surface area contributed by atoms with Crippen LogP contribution in [0, 0.1) is 0 Å². The molecule has 0 saturated carbocycles. The SMILES string of the molecule is CC1(O)CNc2c(O)cccc2C1. The van der Waals surface area contributed by atoms with Gasteiger partial charge in [0.1, 0.15) is 5.75 Å². The summed E-state index contributed by atoms with van der Waals surface area (Å²) in [5.41, 5.74) is 1.02. The number of phenols is 1. The van der Waals surface area contributed by atoms with Crippen molar-refractivity contribution in [2.24, 2.45) is 0 Å². The Balaban J connectivity index is 2.42. The number of aromatic hydroxyl groups is 1. The number of β-amino-alcohol motifs (C(OH)–C–C–N with tert-alkyl or cyclic N) is 1. The maximum absolute atomic E-state index is 9.77. The van der Waals surface area contributed by atoms with Gasteiger partial charge in [0.25, 0.3) is 0 Å². The van der Waals surface area contributed by atoms with Gasteiger partial charge in [-0.15, -0.1) is 0 Å². The second-order valence-electron chi connectivity index (χ2n) is 3.84. The number of nitrogens with one attached hydrogen (secondary N) is 1. The molecule has 1 aliphatic heterocycles. The number of phenolic OH excluding ortho intramolecular Hbond substituents is 1. The summed E-state index contributed by atoms with van der Waals surface area (Å²) in [6, 6.07) is 5.35. The quantitative estimate of drug-likeness (QED) is 0.523. The maximum Gasteiger partial charge on any atom is 0.138 e.